The molecule has 0 radical (unpaired) electrons. The van der Waals surface area contributed by atoms with Crippen molar-refractivity contribution < 1.29 is 14.4 Å². The largest absolute Gasteiger partial charge is 0.339 e. The van der Waals surface area contributed by atoms with Crippen molar-refractivity contribution in [3.05, 3.63) is 66.2 Å². The van der Waals surface area contributed by atoms with Gasteiger partial charge in [-0.25, -0.2) is 4.79 Å². The number of carbonyl (C=O) groups excluding carboxylic acids is 3. The summed E-state index contributed by atoms with van der Waals surface area (Å²) in [5.41, 5.74) is 1.95. The van der Waals surface area contributed by atoms with E-state index >= 15 is 0 Å². The van der Waals surface area contributed by atoms with Crippen LogP contribution in [0, 0.1) is 0 Å². The number of anilines is 1. The number of carbonyl (C=O) groups is 3. The Kier molecular flexibility index (Phi) is 8.46. The number of hydrogen-bond acceptors (Lipinski definition) is 3. The topological polar surface area (TPSA) is 81.8 Å². The van der Waals surface area contributed by atoms with Gasteiger partial charge < -0.3 is 20.4 Å². The van der Waals surface area contributed by atoms with Crippen molar-refractivity contribution >= 4 is 23.5 Å². The van der Waals surface area contributed by atoms with Crippen LogP contribution in [-0.4, -0.2) is 60.4 Å². The molecule has 0 saturated carbocycles. The lowest BCUT2D eigenvalue weighted by molar-refractivity contribution is -0.139. The molecule has 0 aliphatic carbocycles. The number of para-hydroxylation sites is 1. The van der Waals surface area contributed by atoms with Gasteiger partial charge in [-0.3, -0.25) is 9.59 Å². The van der Waals surface area contributed by atoms with E-state index in [1.165, 1.54) is 5.56 Å². The number of aryl methyl sites for hydroxylation is 1. The standard InChI is InChI=1S/C24H30N4O3/c29-22(13-7-10-20-8-3-1-4-9-20)27-16-18-28(19-17-27)23(30)14-15-25-24(31)26-21-11-5-2-6-12-21/h1-6,8-9,11-12H,7,10,13-19H2,(H2,25,26,31). The average Bonchev–Trinajstić information content (AvgIpc) is 2.80. The minimum absolute atomic E-state index is 0.00353. The van der Waals surface area contributed by atoms with Crippen molar-refractivity contribution in [2.75, 3.05) is 38.0 Å². The highest BCUT2D eigenvalue weighted by atomic mass is 16.2. The van der Waals surface area contributed by atoms with Crippen LogP contribution >= 0.6 is 0 Å². The average molecular weight is 423 g/mol. The Balaban J connectivity index is 1.29. The van der Waals surface area contributed by atoms with Gasteiger partial charge in [0.2, 0.25) is 11.8 Å². The Morgan fingerprint density at radius 3 is 1.90 bits per heavy atom. The SMILES string of the molecule is O=C(NCCC(=O)N1CCN(C(=O)CCCc2ccccc2)CC1)Nc1ccccc1. The summed E-state index contributed by atoms with van der Waals surface area (Å²) < 4.78 is 0. The molecule has 7 heteroatoms. The van der Waals surface area contributed by atoms with Crippen molar-refractivity contribution in [3.8, 4) is 0 Å². The quantitative estimate of drug-likeness (QED) is 0.686. The van der Waals surface area contributed by atoms with E-state index in [2.05, 4.69) is 22.8 Å². The number of nitrogens with one attached hydrogen (secondary N) is 2. The maximum Gasteiger partial charge on any atom is 0.319 e. The van der Waals surface area contributed by atoms with Gasteiger partial charge in [-0.05, 0) is 30.5 Å². The molecule has 0 spiro atoms. The van der Waals surface area contributed by atoms with Crippen molar-refractivity contribution in [3.63, 3.8) is 0 Å². The molecule has 1 heterocycles. The minimum atomic E-state index is -0.329. The lowest BCUT2D eigenvalue weighted by Gasteiger charge is -2.35. The normalized spacial score (nSPS) is 13.5. The van der Waals surface area contributed by atoms with E-state index in [1.807, 2.05) is 41.3 Å². The zero-order chi connectivity index (χ0) is 21.9. The number of amides is 4. The van der Waals surface area contributed by atoms with Crippen LogP contribution in [0.1, 0.15) is 24.8 Å². The third-order valence-electron chi connectivity index (χ3n) is 5.34. The van der Waals surface area contributed by atoms with Crippen LogP contribution in [0.4, 0.5) is 10.5 Å². The molecule has 2 aromatic rings. The van der Waals surface area contributed by atoms with Gasteiger partial charge in [0.05, 0.1) is 0 Å². The summed E-state index contributed by atoms with van der Waals surface area (Å²) in [5.74, 6) is 0.151. The Hall–Kier alpha value is -3.35. The summed E-state index contributed by atoms with van der Waals surface area (Å²) in [5, 5.41) is 5.42. The van der Waals surface area contributed by atoms with E-state index < -0.39 is 0 Å². The smallest absolute Gasteiger partial charge is 0.319 e. The van der Waals surface area contributed by atoms with E-state index in [0.29, 0.717) is 38.3 Å². The first kappa shape index (κ1) is 22.3. The molecule has 7 nitrogen and oxygen atoms in total. The fraction of sp³-hybridized carbons (Fsp3) is 0.375. The van der Waals surface area contributed by atoms with Crippen molar-refractivity contribution in [1.29, 1.82) is 0 Å². The van der Waals surface area contributed by atoms with Crippen LogP contribution in [0.5, 0.6) is 0 Å². The van der Waals surface area contributed by atoms with Crippen LogP contribution in [0.2, 0.25) is 0 Å². The summed E-state index contributed by atoms with van der Waals surface area (Å²) in [6, 6.07) is 19.0. The molecule has 31 heavy (non-hydrogen) atoms. The van der Waals surface area contributed by atoms with Crippen LogP contribution in [0.15, 0.2) is 60.7 Å². The van der Waals surface area contributed by atoms with Crippen molar-refractivity contribution in [2.45, 2.75) is 25.7 Å². The lowest BCUT2D eigenvalue weighted by Crippen LogP contribution is -2.51. The molecule has 1 aliphatic heterocycles. The zero-order valence-corrected chi connectivity index (χ0v) is 17.8. The predicted molar refractivity (Wildman–Crippen MR) is 121 cm³/mol. The van der Waals surface area contributed by atoms with Gasteiger partial charge in [0.1, 0.15) is 0 Å². The molecule has 2 aromatic carbocycles. The summed E-state index contributed by atoms with van der Waals surface area (Å²) in [6.07, 6.45) is 2.51. The van der Waals surface area contributed by atoms with Gasteiger partial charge in [0.25, 0.3) is 0 Å². The Morgan fingerprint density at radius 1 is 0.742 bits per heavy atom. The first-order valence-electron chi connectivity index (χ1n) is 10.8. The zero-order valence-electron chi connectivity index (χ0n) is 17.8. The Morgan fingerprint density at radius 2 is 1.29 bits per heavy atom. The van der Waals surface area contributed by atoms with Crippen LogP contribution in [-0.2, 0) is 16.0 Å². The number of piperazine rings is 1. The third-order valence-corrected chi connectivity index (χ3v) is 5.34. The molecule has 1 saturated heterocycles. The minimum Gasteiger partial charge on any atom is -0.339 e. The molecule has 164 valence electrons. The second-order valence-corrected chi connectivity index (χ2v) is 7.60. The molecule has 0 atom stereocenters. The van der Waals surface area contributed by atoms with Crippen molar-refractivity contribution in [1.82, 2.24) is 15.1 Å². The van der Waals surface area contributed by atoms with Gasteiger partial charge in [-0.15, -0.1) is 0 Å². The number of urea groups is 1. The van der Waals surface area contributed by atoms with E-state index in [0.717, 1.165) is 12.8 Å². The lowest BCUT2D eigenvalue weighted by atomic mass is 10.1. The van der Waals surface area contributed by atoms with Gasteiger partial charge in [0, 0.05) is 51.3 Å². The summed E-state index contributed by atoms with van der Waals surface area (Å²) >= 11 is 0. The molecule has 1 fully saturated rings. The van der Waals surface area contributed by atoms with E-state index in [1.54, 1.807) is 17.0 Å². The molecular weight excluding hydrogens is 392 g/mol. The predicted octanol–water partition coefficient (Wildman–Crippen LogP) is 2.89. The van der Waals surface area contributed by atoms with Crippen LogP contribution in [0.25, 0.3) is 0 Å². The van der Waals surface area contributed by atoms with Gasteiger partial charge in [-0.2, -0.15) is 0 Å². The summed E-state index contributed by atoms with van der Waals surface area (Å²) in [4.78, 5) is 40.3. The number of hydrogen-bond donors (Lipinski definition) is 2. The van der Waals surface area contributed by atoms with E-state index in [9.17, 15) is 14.4 Å². The summed E-state index contributed by atoms with van der Waals surface area (Å²) in [7, 11) is 0. The molecule has 0 unspecified atom stereocenters. The maximum absolute atomic E-state index is 12.4. The van der Waals surface area contributed by atoms with E-state index in [4.69, 9.17) is 0 Å². The fourth-order valence-electron chi connectivity index (χ4n) is 3.59. The second kappa shape index (κ2) is 11.7. The third kappa shape index (κ3) is 7.44. The van der Waals surface area contributed by atoms with Gasteiger partial charge in [0.15, 0.2) is 0 Å². The molecule has 1 aliphatic rings. The fourth-order valence-corrected chi connectivity index (χ4v) is 3.59. The van der Waals surface area contributed by atoms with Gasteiger partial charge >= 0.3 is 6.03 Å². The van der Waals surface area contributed by atoms with Crippen LogP contribution < -0.4 is 10.6 Å². The molecular formula is C24H30N4O3. The first-order valence-corrected chi connectivity index (χ1v) is 10.8. The molecule has 4 amide bonds. The number of rotatable bonds is 8. The second-order valence-electron chi connectivity index (χ2n) is 7.60. The highest BCUT2D eigenvalue weighted by molar-refractivity contribution is 5.89. The molecule has 3 rings (SSSR count). The maximum atomic E-state index is 12.4. The molecule has 0 bridgehead atoms. The summed E-state index contributed by atoms with van der Waals surface area (Å²) in [6.45, 7) is 2.49. The van der Waals surface area contributed by atoms with Crippen molar-refractivity contribution in [2.24, 2.45) is 0 Å². The monoisotopic (exact) mass is 422 g/mol. The molecule has 2 N–H and O–H groups in total. The number of nitrogens with zero attached hydrogens (tertiary/aromatic N) is 2. The Labute approximate surface area is 183 Å². The highest BCUT2D eigenvalue weighted by Gasteiger charge is 2.23. The first-order chi connectivity index (χ1) is 15.1. The van der Waals surface area contributed by atoms with Gasteiger partial charge in [-0.1, -0.05) is 48.5 Å². The van der Waals surface area contributed by atoms with E-state index in [-0.39, 0.29) is 30.8 Å². The molecule has 0 aromatic heterocycles. The Bertz CT molecular complexity index is 850. The number of benzene rings is 2. The van der Waals surface area contributed by atoms with Crippen LogP contribution in [0.3, 0.4) is 0 Å². The highest BCUT2D eigenvalue weighted by Crippen LogP contribution is 2.10.